The topological polar surface area (TPSA) is 96.4 Å². The third-order valence-electron chi connectivity index (χ3n) is 5.03. The SMILES string of the molecule is CCc1cc(NC2CCC(C)=C(C)C(C(C)CC)=N2)c(C(N)O)nn1. The molecule has 2 rings (SSSR count). The molecule has 2 heterocycles. The largest absolute Gasteiger partial charge is 0.373 e. The van der Waals surface area contributed by atoms with Gasteiger partial charge in [0.1, 0.15) is 18.1 Å². The van der Waals surface area contributed by atoms with Gasteiger partial charge in [0.25, 0.3) is 0 Å². The number of aliphatic hydroxyl groups is 1. The van der Waals surface area contributed by atoms with E-state index in [4.69, 9.17) is 10.7 Å². The molecule has 6 nitrogen and oxygen atoms in total. The summed E-state index contributed by atoms with van der Waals surface area (Å²) in [5.41, 5.74) is 11.5. The van der Waals surface area contributed by atoms with Crippen LogP contribution < -0.4 is 11.1 Å². The van der Waals surface area contributed by atoms with Crippen molar-refractivity contribution in [3.8, 4) is 0 Å². The van der Waals surface area contributed by atoms with Gasteiger partial charge in [-0.1, -0.05) is 26.3 Å². The molecule has 0 saturated carbocycles. The minimum Gasteiger partial charge on any atom is -0.373 e. The van der Waals surface area contributed by atoms with Crippen molar-refractivity contribution in [2.75, 3.05) is 5.32 Å². The van der Waals surface area contributed by atoms with Crippen LogP contribution in [-0.4, -0.2) is 27.2 Å². The lowest BCUT2D eigenvalue weighted by atomic mass is 9.93. The van der Waals surface area contributed by atoms with E-state index in [0.717, 1.165) is 37.1 Å². The number of hydrogen-bond donors (Lipinski definition) is 3. The molecule has 0 radical (unpaired) electrons. The van der Waals surface area contributed by atoms with Gasteiger partial charge in [0.15, 0.2) is 0 Å². The zero-order chi connectivity index (χ0) is 18.6. The molecule has 1 aromatic heterocycles. The predicted octanol–water partition coefficient (Wildman–Crippen LogP) is 3.34. The molecular formula is C19H31N5O. The van der Waals surface area contributed by atoms with Crippen LogP contribution in [0.25, 0.3) is 0 Å². The van der Waals surface area contributed by atoms with Gasteiger partial charge in [-0.15, -0.1) is 5.10 Å². The number of nitrogens with two attached hydrogens (primary N) is 1. The van der Waals surface area contributed by atoms with Gasteiger partial charge in [-0.25, -0.2) is 0 Å². The van der Waals surface area contributed by atoms with E-state index in [9.17, 15) is 5.11 Å². The summed E-state index contributed by atoms with van der Waals surface area (Å²) in [6, 6.07) is 1.91. The first-order valence-electron chi connectivity index (χ1n) is 9.18. The molecule has 1 aliphatic rings. The molecule has 3 atom stereocenters. The Hall–Kier alpha value is -1.79. The van der Waals surface area contributed by atoms with Gasteiger partial charge < -0.3 is 16.2 Å². The molecule has 0 amide bonds. The maximum atomic E-state index is 9.81. The second-order valence-corrected chi connectivity index (χ2v) is 6.86. The van der Waals surface area contributed by atoms with Crippen LogP contribution in [0.2, 0.25) is 0 Å². The summed E-state index contributed by atoms with van der Waals surface area (Å²) in [5, 5.41) is 21.4. The Morgan fingerprint density at radius 3 is 2.64 bits per heavy atom. The lowest BCUT2D eigenvalue weighted by Crippen LogP contribution is -2.24. The predicted molar refractivity (Wildman–Crippen MR) is 102 cm³/mol. The van der Waals surface area contributed by atoms with Gasteiger partial charge in [0.05, 0.1) is 11.4 Å². The summed E-state index contributed by atoms with van der Waals surface area (Å²) in [5.74, 6) is 0.415. The van der Waals surface area contributed by atoms with Crippen molar-refractivity contribution in [2.45, 2.75) is 72.7 Å². The highest BCUT2D eigenvalue weighted by Gasteiger charge is 2.22. The van der Waals surface area contributed by atoms with Crippen LogP contribution >= 0.6 is 0 Å². The highest BCUT2D eigenvalue weighted by molar-refractivity contribution is 6.02. The van der Waals surface area contributed by atoms with Crippen LogP contribution in [0.4, 0.5) is 5.69 Å². The normalized spacial score (nSPS) is 20.8. The van der Waals surface area contributed by atoms with E-state index in [1.54, 1.807) is 0 Å². The summed E-state index contributed by atoms with van der Waals surface area (Å²) >= 11 is 0. The van der Waals surface area contributed by atoms with E-state index >= 15 is 0 Å². The van der Waals surface area contributed by atoms with E-state index in [1.807, 2.05) is 13.0 Å². The zero-order valence-corrected chi connectivity index (χ0v) is 16.0. The number of rotatable bonds is 6. The minimum absolute atomic E-state index is 0.0668. The smallest absolute Gasteiger partial charge is 0.149 e. The second-order valence-electron chi connectivity index (χ2n) is 6.86. The Morgan fingerprint density at radius 2 is 2.04 bits per heavy atom. The number of hydrogen-bond acceptors (Lipinski definition) is 6. The second kappa shape index (κ2) is 8.54. The Balaban J connectivity index is 2.35. The van der Waals surface area contributed by atoms with Gasteiger partial charge in [-0.2, -0.15) is 5.10 Å². The Morgan fingerprint density at radius 1 is 1.32 bits per heavy atom. The number of aliphatic imine (C=N–C) groups is 1. The van der Waals surface area contributed by atoms with Crippen molar-refractivity contribution >= 4 is 11.4 Å². The maximum absolute atomic E-state index is 9.81. The number of nitrogens with zero attached hydrogens (tertiary/aromatic N) is 3. The highest BCUT2D eigenvalue weighted by atomic mass is 16.3. The number of aliphatic hydroxyl groups excluding tert-OH is 1. The average molecular weight is 345 g/mol. The third kappa shape index (κ3) is 4.64. The molecule has 0 fully saturated rings. The molecule has 0 aromatic carbocycles. The van der Waals surface area contributed by atoms with E-state index in [0.29, 0.717) is 11.6 Å². The number of allylic oxidation sites excluding steroid dienone is 2. The lowest BCUT2D eigenvalue weighted by molar-refractivity contribution is 0.180. The van der Waals surface area contributed by atoms with Gasteiger partial charge >= 0.3 is 0 Å². The monoisotopic (exact) mass is 345 g/mol. The van der Waals surface area contributed by atoms with Crippen LogP contribution in [0.1, 0.15) is 71.5 Å². The van der Waals surface area contributed by atoms with Crippen molar-refractivity contribution in [3.05, 3.63) is 28.6 Å². The summed E-state index contributed by atoms with van der Waals surface area (Å²) in [6.45, 7) is 10.8. The molecule has 0 bridgehead atoms. The number of nitrogens with one attached hydrogen (secondary N) is 1. The first kappa shape index (κ1) is 19.5. The first-order chi connectivity index (χ1) is 11.9. The number of anilines is 1. The minimum atomic E-state index is -1.16. The van der Waals surface area contributed by atoms with Gasteiger partial charge in [-0.3, -0.25) is 4.99 Å². The number of aromatic nitrogens is 2. The van der Waals surface area contributed by atoms with Crippen LogP contribution in [-0.2, 0) is 6.42 Å². The van der Waals surface area contributed by atoms with Gasteiger partial charge in [0.2, 0.25) is 0 Å². The summed E-state index contributed by atoms with van der Waals surface area (Å²) in [6.07, 6.45) is 2.49. The maximum Gasteiger partial charge on any atom is 0.149 e. The molecule has 3 unspecified atom stereocenters. The fourth-order valence-corrected chi connectivity index (χ4v) is 3.01. The van der Waals surface area contributed by atoms with Crippen LogP contribution in [0.3, 0.4) is 0 Å². The molecule has 0 spiro atoms. The molecule has 1 aromatic rings. The summed E-state index contributed by atoms with van der Waals surface area (Å²) in [7, 11) is 0. The molecule has 1 aliphatic heterocycles. The van der Waals surface area contributed by atoms with Crippen molar-refractivity contribution in [1.82, 2.24) is 10.2 Å². The van der Waals surface area contributed by atoms with Crippen LogP contribution in [0, 0.1) is 5.92 Å². The van der Waals surface area contributed by atoms with Crippen molar-refractivity contribution in [3.63, 3.8) is 0 Å². The molecule has 25 heavy (non-hydrogen) atoms. The average Bonchev–Trinajstić information content (AvgIpc) is 2.74. The fourth-order valence-electron chi connectivity index (χ4n) is 3.01. The first-order valence-corrected chi connectivity index (χ1v) is 9.18. The standard InChI is InChI=1S/C19H31N5O/c1-6-11(3)17-13(5)12(4)8-9-16(22-17)21-15-10-14(7-2)23-24-18(15)19(20)25/h10-11,16,19,25H,6-9,20H2,1-5H3,(H,21,23). The zero-order valence-electron chi connectivity index (χ0n) is 16.0. The molecule has 6 heteroatoms. The Bertz CT molecular complexity index is 666. The van der Waals surface area contributed by atoms with Crippen molar-refractivity contribution < 1.29 is 5.11 Å². The fraction of sp³-hybridized carbons (Fsp3) is 0.632. The van der Waals surface area contributed by atoms with Crippen molar-refractivity contribution in [2.24, 2.45) is 16.6 Å². The lowest BCUT2D eigenvalue weighted by Gasteiger charge is -2.20. The summed E-state index contributed by atoms with van der Waals surface area (Å²) < 4.78 is 0. The third-order valence-corrected chi connectivity index (χ3v) is 5.03. The molecule has 4 N–H and O–H groups in total. The number of aryl methyl sites for hydroxylation is 1. The summed E-state index contributed by atoms with van der Waals surface area (Å²) in [4.78, 5) is 5.01. The van der Waals surface area contributed by atoms with E-state index in [-0.39, 0.29) is 6.17 Å². The quantitative estimate of drug-likeness (QED) is 0.687. The molecule has 138 valence electrons. The van der Waals surface area contributed by atoms with E-state index in [1.165, 1.54) is 16.9 Å². The Kier molecular flexibility index (Phi) is 6.67. The molecule has 0 saturated heterocycles. The van der Waals surface area contributed by atoms with Crippen molar-refractivity contribution in [1.29, 1.82) is 0 Å². The molecular weight excluding hydrogens is 314 g/mol. The Labute approximate surface area is 150 Å². The van der Waals surface area contributed by atoms with Crippen LogP contribution in [0.15, 0.2) is 22.2 Å². The van der Waals surface area contributed by atoms with Crippen LogP contribution in [0.5, 0.6) is 0 Å². The highest BCUT2D eigenvalue weighted by Crippen LogP contribution is 2.27. The van der Waals surface area contributed by atoms with Gasteiger partial charge in [0, 0.05) is 5.71 Å². The van der Waals surface area contributed by atoms with Gasteiger partial charge in [-0.05, 0) is 57.1 Å². The van der Waals surface area contributed by atoms with E-state index in [2.05, 4.69) is 43.2 Å². The molecule has 0 aliphatic carbocycles. The van der Waals surface area contributed by atoms with E-state index < -0.39 is 6.23 Å².